The van der Waals surface area contributed by atoms with Crippen molar-refractivity contribution < 1.29 is 0 Å². The molecule has 0 aliphatic carbocycles. The van der Waals surface area contributed by atoms with Crippen molar-refractivity contribution in [3.05, 3.63) is 76.9 Å². The maximum Gasteiger partial charge on any atom is 0.178 e. The number of halogens is 2. The molecule has 0 fully saturated rings. The van der Waals surface area contributed by atoms with E-state index in [0.717, 1.165) is 22.2 Å². The SMILES string of the molecule is Clc1ccc(-c2cccc(-c3ncc4ccccc4n3)n2)c(Cl)c1. The van der Waals surface area contributed by atoms with Crippen molar-refractivity contribution >= 4 is 34.1 Å². The lowest BCUT2D eigenvalue weighted by atomic mass is 10.1. The molecule has 0 saturated carbocycles. The second-order valence-electron chi connectivity index (χ2n) is 5.28. The van der Waals surface area contributed by atoms with E-state index < -0.39 is 0 Å². The van der Waals surface area contributed by atoms with Gasteiger partial charge in [-0.2, -0.15) is 0 Å². The van der Waals surface area contributed by atoms with Crippen LogP contribution in [-0.4, -0.2) is 15.0 Å². The predicted molar refractivity (Wildman–Crippen MR) is 98.2 cm³/mol. The summed E-state index contributed by atoms with van der Waals surface area (Å²) in [5, 5.41) is 2.16. The molecule has 0 saturated heterocycles. The highest BCUT2D eigenvalue weighted by atomic mass is 35.5. The summed E-state index contributed by atoms with van der Waals surface area (Å²) in [7, 11) is 0. The van der Waals surface area contributed by atoms with Gasteiger partial charge in [-0.15, -0.1) is 0 Å². The lowest BCUT2D eigenvalue weighted by Gasteiger charge is -2.07. The van der Waals surface area contributed by atoms with Crippen LogP contribution >= 0.6 is 23.2 Å². The van der Waals surface area contributed by atoms with E-state index in [0.29, 0.717) is 21.6 Å². The maximum absolute atomic E-state index is 6.28. The van der Waals surface area contributed by atoms with Gasteiger partial charge in [-0.3, -0.25) is 0 Å². The van der Waals surface area contributed by atoms with Crippen molar-refractivity contribution in [2.75, 3.05) is 0 Å². The lowest BCUT2D eigenvalue weighted by molar-refractivity contribution is 1.18. The Labute approximate surface area is 148 Å². The van der Waals surface area contributed by atoms with Gasteiger partial charge in [-0.05, 0) is 36.4 Å². The first-order chi connectivity index (χ1) is 11.7. The third kappa shape index (κ3) is 2.84. The first-order valence-electron chi connectivity index (χ1n) is 7.35. The first-order valence-corrected chi connectivity index (χ1v) is 8.11. The molecule has 5 heteroatoms. The molecule has 116 valence electrons. The smallest absolute Gasteiger partial charge is 0.178 e. The van der Waals surface area contributed by atoms with E-state index in [1.54, 1.807) is 18.3 Å². The first kappa shape index (κ1) is 15.1. The molecule has 3 nitrogen and oxygen atoms in total. The monoisotopic (exact) mass is 351 g/mol. The minimum atomic E-state index is 0.562. The fraction of sp³-hybridized carbons (Fsp3) is 0. The summed E-state index contributed by atoms with van der Waals surface area (Å²) in [5.41, 5.74) is 3.16. The van der Waals surface area contributed by atoms with Gasteiger partial charge in [-0.1, -0.05) is 47.5 Å². The Kier molecular flexibility index (Phi) is 3.89. The van der Waals surface area contributed by atoms with Crippen molar-refractivity contribution in [3.8, 4) is 22.8 Å². The molecule has 4 rings (SSSR count). The van der Waals surface area contributed by atoms with Gasteiger partial charge in [0.15, 0.2) is 5.82 Å². The van der Waals surface area contributed by atoms with E-state index in [9.17, 15) is 0 Å². The minimum Gasteiger partial charge on any atom is -0.244 e. The zero-order chi connectivity index (χ0) is 16.5. The van der Waals surface area contributed by atoms with Crippen LogP contribution in [0.4, 0.5) is 0 Å². The van der Waals surface area contributed by atoms with E-state index in [-0.39, 0.29) is 0 Å². The van der Waals surface area contributed by atoms with E-state index in [2.05, 4.69) is 15.0 Å². The molecule has 0 aliphatic rings. The Bertz CT molecular complexity index is 1050. The average Bonchev–Trinajstić information content (AvgIpc) is 2.61. The quantitative estimate of drug-likeness (QED) is 0.467. The molecule has 0 amide bonds. The number of fused-ring (bicyclic) bond motifs is 1. The molecular formula is C19H11Cl2N3. The number of benzene rings is 2. The number of aromatic nitrogens is 3. The van der Waals surface area contributed by atoms with Crippen LogP contribution in [0.25, 0.3) is 33.7 Å². The normalized spacial score (nSPS) is 10.9. The summed E-state index contributed by atoms with van der Waals surface area (Å²) >= 11 is 12.2. The van der Waals surface area contributed by atoms with Crippen LogP contribution in [0.5, 0.6) is 0 Å². The Balaban J connectivity index is 1.81. The number of pyridine rings is 1. The van der Waals surface area contributed by atoms with Crippen molar-refractivity contribution in [1.29, 1.82) is 0 Å². The van der Waals surface area contributed by atoms with E-state index in [1.807, 2.05) is 48.5 Å². The number of para-hydroxylation sites is 1. The van der Waals surface area contributed by atoms with Gasteiger partial charge in [0.05, 0.1) is 16.2 Å². The van der Waals surface area contributed by atoms with Crippen LogP contribution in [0.3, 0.4) is 0 Å². The van der Waals surface area contributed by atoms with Crippen molar-refractivity contribution in [1.82, 2.24) is 15.0 Å². The van der Waals surface area contributed by atoms with Gasteiger partial charge in [0.2, 0.25) is 0 Å². The molecule has 2 heterocycles. The summed E-state index contributed by atoms with van der Waals surface area (Å²) in [4.78, 5) is 13.7. The highest BCUT2D eigenvalue weighted by Gasteiger charge is 2.09. The van der Waals surface area contributed by atoms with E-state index in [4.69, 9.17) is 23.2 Å². The molecule has 0 aliphatic heterocycles. The summed E-state index contributed by atoms with van der Waals surface area (Å²) in [6, 6.07) is 18.9. The maximum atomic E-state index is 6.28. The highest BCUT2D eigenvalue weighted by molar-refractivity contribution is 6.36. The minimum absolute atomic E-state index is 0.562. The van der Waals surface area contributed by atoms with Gasteiger partial charge in [0.25, 0.3) is 0 Å². The topological polar surface area (TPSA) is 38.7 Å². The Morgan fingerprint density at radius 2 is 1.58 bits per heavy atom. The van der Waals surface area contributed by atoms with Gasteiger partial charge in [-0.25, -0.2) is 15.0 Å². The van der Waals surface area contributed by atoms with Crippen molar-refractivity contribution in [2.24, 2.45) is 0 Å². The van der Waals surface area contributed by atoms with Gasteiger partial charge < -0.3 is 0 Å². The Hall–Kier alpha value is -2.49. The summed E-state index contributed by atoms with van der Waals surface area (Å²) < 4.78 is 0. The third-order valence-corrected chi connectivity index (χ3v) is 4.22. The zero-order valence-corrected chi connectivity index (χ0v) is 14.0. The fourth-order valence-electron chi connectivity index (χ4n) is 2.50. The number of hydrogen-bond donors (Lipinski definition) is 0. The molecule has 0 atom stereocenters. The van der Waals surface area contributed by atoms with Gasteiger partial charge in [0.1, 0.15) is 5.69 Å². The van der Waals surface area contributed by atoms with Crippen molar-refractivity contribution in [2.45, 2.75) is 0 Å². The second-order valence-corrected chi connectivity index (χ2v) is 6.13. The summed E-state index contributed by atoms with van der Waals surface area (Å²) in [6.45, 7) is 0. The van der Waals surface area contributed by atoms with Gasteiger partial charge in [0, 0.05) is 22.2 Å². The summed E-state index contributed by atoms with van der Waals surface area (Å²) in [5.74, 6) is 0.584. The molecule has 4 aromatic rings. The largest absolute Gasteiger partial charge is 0.244 e. The third-order valence-electron chi connectivity index (χ3n) is 3.67. The number of hydrogen-bond acceptors (Lipinski definition) is 3. The molecule has 0 bridgehead atoms. The number of nitrogens with zero attached hydrogens (tertiary/aromatic N) is 3. The molecule has 2 aromatic heterocycles. The van der Waals surface area contributed by atoms with Crippen LogP contribution in [0.1, 0.15) is 0 Å². The van der Waals surface area contributed by atoms with Crippen LogP contribution in [0, 0.1) is 0 Å². The van der Waals surface area contributed by atoms with E-state index in [1.165, 1.54) is 0 Å². The fourth-order valence-corrected chi connectivity index (χ4v) is 3.01. The lowest BCUT2D eigenvalue weighted by Crippen LogP contribution is -1.94. The average molecular weight is 352 g/mol. The predicted octanol–water partition coefficient (Wildman–Crippen LogP) is 5.67. The molecule has 0 radical (unpaired) electrons. The highest BCUT2D eigenvalue weighted by Crippen LogP contribution is 2.30. The van der Waals surface area contributed by atoms with E-state index >= 15 is 0 Å². The molecule has 0 spiro atoms. The van der Waals surface area contributed by atoms with Crippen LogP contribution < -0.4 is 0 Å². The molecule has 2 aromatic carbocycles. The van der Waals surface area contributed by atoms with Crippen LogP contribution in [-0.2, 0) is 0 Å². The molecular weight excluding hydrogens is 341 g/mol. The Morgan fingerprint density at radius 3 is 2.46 bits per heavy atom. The second kappa shape index (κ2) is 6.19. The number of rotatable bonds is 2. The summed E-state index contributed by atoms with van der Waals surface area (Å²) in [6.07, 6.45) is 1.81. The van der Waals surface area contributed by atoms with Crippen LogP contribution in [0.2, 0.25) is 10.0 Å². The molecule has 0 unspecified atom stereocenters. The van der Waals surface area contributed by atoms with Gasteiger partial charge >= 0.3 is 0 Å². The van der Waals surface area contributed by atoms with Crippen LogP contribution in [0.15, 0.2) is 66.9 Å². The zero-order valence-electron chi connectivity index (χ0n) is 12.4. The molecule has 0 N–H and O–H groups in total. The molecule has 24 heavy (non-hydrogen) atoms. The Morgan fingerprint density at radius 1 is 0.750 bits per heavy atom. The van der Waals surface area contributed by atoms with Crippen molar-refractivity contribution in [3.63, 3.8) is 0 Å². The standard InChI is InChI=1S/C19H11Cl2N3/c20-13-8-9-14(15(21)10-13)17-6-3-7-18(23-17)19-22-11-12-4-1-2-5-16(12)24-19/h1-11H.